The number of hydrogen-bond acceptors (Lipinski definition) is 3. The SMILES string of the molecule is Cc1nc2cc(C(F)(F)F)ccc2n1C1CCN(C(=O)CCOc2ccccc2)CC1. The van der Waals surface area contributed by atoms with Gasteiger partial charge >= 0.3 is 6.18 Å². The van der Waals surface area contributed by atoms with Crippen LogP contribution in [0.5, 0.6) is 5.75 Å². The molecule has 0 atom stereocenters. The van der Waals surface area contributed by atoms with Gasteiger partial charge in [0.2, 0.25) is 5.91 Å². The minimum atomic E-state index is -4.39. The molecule has 1 aliphatic heterocycles. The summed E-state index contributed by atoms with van der Waals surface area (Å²) in [6.07, 6.45) is -2.61. The number of rotatable bonds is 5. The smallest absolute Gasteiger partial charge is 0.416 e. The molecule has 0 saturated carbocycles. The van der Waals surface area contributed by atoms with Crippen molar-refractivity contribution in [1.29, 1.82) is 0 Å². The molecule has 0 N–H and O–H groups in total. The predicted molar refractivity (Wildman–Crippen MR) is 111 cm³/mol. The summed E-state index contributed by atoms with van der Waals surface area (Å²) < 4.78 is 46.6. The molecule has 2 aromatic carbocycles. The van der Waals surface area contributed by atoms with Crippen LogP contribution in [0.2, 0.25) is 0 Å². The maximum absolute atomic E-state index is 13.0. The van der Waals surface area contributed by atoms with Crippen LogP contribution in [0, 0.1) is 6.92 Å². The van der Waals surface area contributed by atoms with E-state index in [0.717, 1.165) is 30.7 Å². The Balaban J connectivity index is 1.36. The summed E-state index contributed by atoms with van der Waals surface area (Å²) in [6.45, 7) is 3.35. The number of aryl methyl sites for hydroxylation is 1. The number of carbonyl (C=O) groups is 1. The Labute approximate surface area is 178 Å². The first-order valence-electron chi connectivity index (χ1n) is 10.3. The van der Waals surface area contributed by atoms with Gasteiger partial charge < -0.3 is 14.2 Å². The highest BCUT2D eigenvalue weighted by Crippen LogP contribution is 2.34. The molecule has 0 aliphatic carbocycles. The summed E-state index contributed by atoms with van der Waals surface area (Å²) in [5.74, 6) is 1.48. The second-order valence-electron chi connectivity index (χ2n) is 7.75. The van der Waals surface area contributed by atoms with Gasteiger partial charge in [0.1, 0.15) is 11.6 Å². The van der Waals surface area contributed by atoms with E-state index >= 15 is 0 Å². The Kier molecular flexibility index (Phi) is 5.89. The molecule has 1 saturated heterocycles. The molecule has 1 amide bonds. The number of aromatic nitrogens is 2. The molecule has 0 bridgehead atoms. The van der Waals surface area contributed by atoms with Crippen LogP contribution in [0.25, 0.3) is 11.0 Å². The first-order chi connectivity index (χ1) is 14.8. The van der Waals surface area contributed by atoms with Gasteiger partial charge in [-0.25, -0.2) is 4.98 Å². The highest BCUT2D eigenvalue weighted by atomic mass is 19.4. The molecule has 1 aromatic heterocycles. The quantitative estimate of drug-likeness (QED) is 0.572. The number of halogens is 3. The van der Waals surface area contributed by atoms with Gasteiger partial charge in [-0.15, -0.1) is 0 Å². The fraction of sp³-hybridized carbons (Fsp3) is 0.391. The molecule has 8 heteroatoms. The molecule has 1 fully saturated rings. The average molecular weight is 431 g/mol. The van der Waals surface area contributed by atoms with Crippen LogP contribution in [0.15, 0.2) is 48.5 Å². The molecule has 5 nitrogen and oxygen atoms in total. The fourth-order valence-electron chi connectivity index (χ4n) is 4.16. The Bertz CT molecular complexity index is 1060. The first-order valence-corrected chi connectivity index (χ1v) is 10.3. The molecule has 31 heavy (non-hydrogen) atoms. The van der Waals surface area contributed by atoms with E-state index in [2.05, 4.69) is 4.98 Å². The lowest BCUT2D eigenvalue weighted by Gasteiger charge is -2.33. The summed E-state index contributed by atoms with van der Waals surface area (Å²) >= 11 is 0. The normalized spacial score (nSPS) is 15.4. The number of fused-ring (bicyclic) bond motifs is 1. The zero-order chi connectivity index (χ0) is 22.0. The molecule has 2 heterocycles. The number of amides is 1. The molecular formula is C23H24F3N3O2. The summed E-state index contributed by atoms with van der Waals surface area (Å²) in [5.41, 5.74) is 0.359. The van der Waals surface area contributed by atoms with Crippen molar-refractivity contribution in [3.63, 3.8) is 0 Å². The minimum Gasteiger partial charge on any atom is -0.493 e. The fourth-order valence-corrected chi connectivity index (χ4v) is 4.16. The average Bonchev–Trinajstić information content (AvgIpc) is 3.09. The molecule has 164 valence electrons. The third-order valence-corrected chi connectivity index (χ3v) is 5.70. The van der Waals surface area contributed by atoms with Crippen molar-refractivity contribution in [2.75, 3.05) is 19.7 Å². The van der Waals surface area contributed by atoms with Crippen molar-refractivity contribution in [2.45, 2.75) is 38.4 Å². The zero-order valence-electron chi connectivity index (χ0n) is 17.2. The molecule has 1 aliphatic rings. The second-order valence-corrected chi connectivity index (χ2v) is 7.75. The number of hydrogen-bond donors (Lipinski definition) is 0. The molecule has 0 radical (unpaired) electrons. The molecule has 3 aromatic rings. The summed E-state index contributed by atoms with van der Waals surface area (Å²) in [5, 5.41) is 0. The minimum absolute atomic E-state index is 0.0522. The summed E-state index contributed by atoms with van der Waals surface area (Å²) in [6, 6.07) is 13.2. The topological polar surface area (TPSA) is 47.4 Å². The maximum Gasteiger partial charge on any atom is 0.416 e. The van der Waals surface area contributed by atoms with Gasteiger partial charge in [0, 0.05) is 19.1 Å². The van der Waals surface area contributed by atoms with Gasteiger partial charge in [0.15, 0.2) is 0 Å². The number of para-hydroxylation sites is 1. The highest BCUT2D eigenvalue weighted by Gasteiger charge is 2.32. The van der Waals surface area contributed by atoms with E-state index in [1.165, 1.54) is 6.07 Å². The lowest BCUT2D eigenvalue weighted by atomic mass is 10.0. The molecule has 0 unspecified atom stereocenters. The van der Waals surface area contributed by atoms with Gasteiger partial charge in [-0.1, -0.05) is 18.2 Å². The number of imidazole rings is 1. The van der Waals surface area contributed by atoms with E-state index in [9.17, 15) is 18.0 Å². The molecule has 4 rings (SSSR count). The monoisotopic (exact) mass is 431 g/mol. The number of alkyl halides is 3. The first kappa shape index (κ1) is 21.2. The zero-order valence-corrected chi connectivity index (χ0v) is 17.2. The van der Waals surface area contributed by atoms with E-state index in [4.69, 9.17) is 4.74 Å². The van der Waals surface area contributed by atoms with E-state index in [-0.39, 0.29) is 11.9 Å². The molecule has 0 spiro atoms. The van der Waals surface area contributed by atoms with Gasteiger partial charge in [-0.05, 0) is 50.1 Å². The predicted octanol–water partition coefficient (Wildman–Crippen LogP) is 5.00. The highest BCUT2D eigenvalue weighted by molar-refractivity contribution is 5.78. The largest absolute Gasteiger partial charge is 0.493 e. The van der Waals surface area contributed by atoms with Crippen LogP contribution < -0.4 is 4.74 Å². The van der Waals surface area contributed by atoms with Crippen molar-refractivity contribution in [1.82, 2.24) is 14.5 Å². The van der Waals surface area contributed by atoms with Gasteiger partial charge in [0.25, 0.3) is 0 Å². The van der Waals surface area contributed by atoms with Gasteiger partial charge in [-0.3, -0.25) is 4.79 Å². The molecular weight excluding hydrogens is 407 g/mol. The van der Waals surface area contributed by atoms with Crippen molar-refractivity contribution in [2.24, 2.45) is 0 Å². The van der Waals surface area contributed by atoms with Crippen LogP contribution >= 0.6 is 0 Å². The number of carbonyl (C=O) groups excluding carboxylic acids is 1. The number of nitrogens with zero attached hydrogens (tertiary/aromatic N) is 3. The van der Waals surface area contributed by atoms with Crippen LogP contribution in [0.3, 0.4) is 0 Å². The third kappa shape index (κ3) is 4.68. The van der Waals surface area contributed by atoms with Crippen LogP contribution in [0.1, 0.15) is 36.7 Å². The van der Waals surface area contributed by atoms with E-state index in [0.29, 0.717) is 43.0 Å². The summed E-state index contributed by atoms with van der Waals surface area (Å²) in [7, 11) is 0. The van der Waals surface area contributed by atoms with E-state index in [1.807, 2.05) is 46.7 Å². The Hall–Kier alpha value is -3.03. The summed E-state index contributed by atoms with van der Waals surface area (Å²) in [4.78, 5) is 18.7. The Morgan fingerprint density at radius 3 is 2.52 bits per heavy atom. The second kappa shape index (κ2) is 8.61. The Morgan fingerprint density at radius 2 is 1.84 bits per heavy atom. The van der Waals surface area contributed by atoms with Crippen LogP contribution in [-0.4, -0.2) is 40.1 Å². The van der Waals surface area contributed by atoms with Crippen LogP contribution in [0.4, 0.5) is 13.2 Å². The van der Waals surface area contributed by atoms with E-state index < -0.39 is 11.7 Å². The van der Waals surface area contributed by atoms with Gasteiger partial charge in [-0.2, -0.15) is 13.2 Å². The van der Waals surface area contributed by atoms with Gasteiger partial charge in [0.05, 0.1) is 29.6 Å². The third-order valence-electron chi connectivity index (χ3n) is 5.70. The number of likely N-dealkylation sites (tertiary alicyclic amines) is 1. The number of ether oxygens (including phenoxy) is 1. The van der Waals surface area contributed by atoms with Crippen molar-refractivity contribution < 1.29 is 22.7 Å². The van der Waals surface area contributed by atoms with Crippen LogP contribution in [-0.2, 0) is 11.0 Å². The standard InChI is InChI=1S/C23H24F3N3O2/c1-16-27-20-15-17(23(24,25)26)7-8-21(20)29(16)18-9-12-28(13-10-18)22(30)11-14-31-19-5-3-2-4-6-19/h2-8,15,18H,9-14H2,1H3. The number of piperidine rings is 1. The van der Waals surface area contributed by atoms with Crippen molar-refractivity contribution >= 4 is 16.9 Å². The maximum atomic E-state index is 13.0. The number of benzene rings is 2. The van der Waals surface area contributed by atoms with Crippen molar-refractivity contribution in [3.05, 3.63) is 59.9 Å². The van der Waals surface area contributed by atoms with Crippen molar-refractivity contribution in [3.8, 4) is 5.75 Å². The Morgan fingerprint density at radius 1 is 1.13 bits per heavy atom. The lowest BCUT2D eigenvalue weighted by molar-refractivity contribution is -0.137. The lowest BCUT2D eigenvalue weighted by Crippen LogP contribution is -2.39. The van der Waals surface area contributed by atoms with E-state index in [1.54, 1.807) is 0 Å².